The van der Waals surface area contributed by atoms with Crippen molar-refractivity contribution < 1.29 is 4.74 Å². The molecule has 3 heterocycles. The third kappa shape index (κ3) is 2.96. The van der Waals surface area contributed by atoms with Crippen molar-refractivity contribution >= 4 is 33.8 Å². The van der Waals surface area contributed by atoms with Crippen molar-refractivity contribution in [3.05, 3.63) is 73.0 Å². The fourth-order valence-corrected chi connectivity index (χ4v) is 3.48. The Morgan fingerprint density at radius 1 is 1.12 bits per heavy atom. The van der Waals surface area contributed by atoms with Crippen LogP contribution in [0.3, 0.4) is 0 Å². The van der Waals surface area contributed by atoms with Crippen molar-refractivity contribution in [1.82, 2.24) is 9.97 Å². The number of aromatic amines is 2. The predicted molar refractivity (Wildman–Crippen MR) is 103 cm³/mol. The maximum Gasteiger partial charge on any atom is 0.144 e. The third-order valence-corrected chi connectivity index (χ3v) is 4.80. The van der Waals surface area contributed by atoms with E-state index in [0.29, 0.717) is 0 Å². The largest absolute Gasteiger partial charge is 0.494 e. The van der Waals surface area contributed by atoms with Gasteiger partial charge in [-0.2, -0.15) is 0 Å². The maximum absolute atomic E-state index is 5.55. The Morgan fingerprint density at radius 2 is 1.96 bits per heavy atom. The highest BCUT2D eigenvalue weighted by molar-refractivity contribution is 9.10. The second kappa shape index (κ2) is 6.08. The van der Waals surface area contributed by atoms with Crippen molar-refractivity contribution in [2.24, 2.45) is 4.99 Å². The molecule has 1 aromatic carbocycles. The Bertz CT molecular complexity index is 1210. The van der Waals surface area contributed by atoms with Gasteiger partial charge in [0.15, 0.2) is 0 Å². The Hall–Kier alpha value is -2.53. The minimum Gasteiger partial charge on any atom is -0.494 e. The summed E-state index contributed by atoms with van der Waals surface area (Å²) in [5.41, 5.74) is 4.33. The smallest absolute Gasteiger partial charge is 0.144 e. The lowest BCUT2D eigenvalue weighted by molar-refractivity contribution is 0.412. The van der Waals surface area contributed by atoms with Gasteiger partial charge in [-0.25, -0.2) is 4.99 Å². The number of rotatable bonds is 2. The number of halogens is 1. The SMILES string of the molecule is COc1cc(=C2C=c3cc(Br)ccc3=N2)[nH]c1=Cc1[nH]c(C)cc1C. The molecule has 0 radical (unpaired) electrons. The van der Waals surface area contributed by atoms with Crippen LogP contribution in [-0.4, -0.2) is 17.1 Å². The van der Waals surface area contributed by atoms with Crippen LogP contribution in [0.5, 0.6) is 5.75 Å². The first-order chi connectivity index (χ1) is 12.0. The van der Waals surface area contributed by atoms with Crippen LogP contribution in [-0.2, 0) is 0 Å². The lowest BCUT2D eigenvalue weighted by Gasteiger charge is -1.94. The summed E-state index contributed by atoms with van der Waals surface area (Å²) >= 11 is 3.51. The van der Waals surface area contributed by atoms with E-state index in [4.69, 9.17) is 9.73 Å². The molecule has 0 amide bonds. The van der Waals surface area contributed by atoms with E-state index in [9.17, 15) is 0 Å². The van der Waals surface area contributed by atoms with Crippen molar-refractivity contribution in [3.63, 3.8) is 0 Å². The summed E-state index contributed by atoms with van der Waals surface area (Å²) in [6.45, 7) is 4.15. The van der Waals surface area contributed by atoms with E-state index in [-0.39, 0.29) is 0 Å². The minimum absolute atomic E-state index is 0.801. The molecule has 0 atom stereocenters. The van der Waals surface area contributed by atoms with E-state index in [1.54, 1.807) is 7.11 Å². The number of nitrogens with one attached hydrogen (secondary N) is 2. The number of aromatic nitrogens is 2. The second-order valence-corrected chi connectivity index (χ2v) is 7.12. The van der Waals surface area contributed by atoms with Crippen LogP contribution < -0.4 is 26.0 Å². The maximum atomic E-state index is 5.55. The lowest BCUT2D eigenvalue weighted by Crippen LogP contribution is -2.20. The van der Waals surface area contributed by atoms with Crippen molar-refractivity contribution in [1.29, 1.82) is 0 Å². The van der Waals surface area contributed by atoms with Gasteiger partial charge in [-0.3, -0.25) is 0 Å². The summed E-state index contributed by atoms with van der Waals surface area (Å²) < 4.78 is 6.60. The Labute approximate surface area is 153 Å². The summed E-state index contributed by atoms with van der Waals surface area (Å²) in [5.74, 6) is 0.801. The molecule has 0 unspecified atom stereocenters. The molecule has 0 aliphatic carbocycles. The molecule has 4 rings (SSSR count). The quantitative estimate of drug-likeness (QED) is 0.682. The lowest BCUT2D eigenvalue weighted by atomic mass is 10.2. The molecule has 0 spiro atoms. The van der Waals surface area contributed by atoms with E-state index in [1.165, 1.54) is 5.56 Å². The Balaban J connectivity index is 1.92. The standard InChI is InChI=1S/C20H18BrN3O/c1-11-6-12(2)22-16(11)9-19-20(25-3)10-18(24-19)17-8-13-7-14(21)4-5-15(13)23-17/h4-10,22,24H,1-3H3. The first kappa shape index (κ1) is 16.0. The molecule has 0 saturated heterocycles. The van der Waals surface area contributed by atoms with Crippen LogP contribution in [0.2, 0.25) is 0 Å². The van der Waals surface area contributed by atoms with Crippen LogP contribution in [0.1, 0.15) is 17.0 Å². The number of hydrogen-bond acceptors (Lipinski definition) is 2. The van der Waals surface area contributed by atoms with Crippen LogP contribution in [0.25, 0.3) is 17.8 Å². The Kier molecular flexibility index (Phi) is 3.88. The molecule has 1 aliphatic rings. The zero-order valence-corrected chi connectivity index (χ0v) is 15.9. The summed E-state index contributed by atoms with van der Waals surface area (Å²) in [6.07, 6.45) is 4.16. The molecule has 0 fully saturated rings. The third-order valence-electron chi connectivity index (χ3n) is 4.31. The number of benzene rings is 1. The minimum atomic E-state index is 0.801. The summed E-state index contributed by atoms with van der Waals surface area (Å²) in [6, 6.07) is 10.2. The molecular weight excluding hydrogens is 378 g/mol. The van der Waals surface area contributed by atoms with Gasteiger partial charge in [0, 0.05) is 27.1 Å². The fraction of sp³-hybridized carbons (Fsp3) is 0.150. The summed E-state index contributed by atoms with van der Waals surface area (Å²) in [5, 5.41) is 3.96. The molecule has 25 heavy (non-hydrogen) atoms. The highest BCUT2D eigenvalue weighted by atomic mass is 79.9. The van der Waals surface area contributed by atoms with E-state index >= 15 is 0 Å². The first-order valence-electron chi connectivity index (χ1n) is 8.05. The van der Waals surface area contributed by atoms with Gasteiger partial charge in [0.2, 0.25) is 0 Å². The summed E-state index contributed by atoms with van der Waals surface area (Å²) in [7, 11) is 1.68. The van der Waals surface area contributed by atoms with Crippen molar-refractivity contribution in [2.45, 2.75) is 13.8 Å². The van der Waals surface area contributed by atoms with Gasteiger partial charge in [-0.1, -0.05) is 15.9 Å². The van der Waals surface area contributed by atoms with E-state index in [2.05, 4.69) is 64.0 Å². The van der Waals surface area contributed by atoms with Gasteiger partial charge in [-0.05, 0) is 55.8 Å². The molecule has 5 heteroatoms. The van der Waals surface area contributed by atoms with Crippen LogP contribution in [0.4, 0.5) is 0 Å². The zero-order valence-electron chi connectivity index (χ0n) is 14.3. The van der Waals surface area contributed by atoms with Gasteiger partial charge in [-0.15, -0.1) is 0 Å². The molecule has 0 bridgehead atoms. The number of ether oxygens (including phenoxy) is 1. The van der Waals surface area contributed by atoms with Crippen LogP contribution in [0, 0.1) is 13.8 Å². The molecule has 126 valence electrons. The van der Waals surface area contributed by atoms with Crippen molar-refractivity contribution in [2.75, 3.05) is 7.11 Å². The van der Waals surface area contributed by atoms with E-state index in [0.717, 1.165) is 48.6 Å². The number of methoxy groups -OCH3 is 1. The van der Waals surface area contributed by atoms with Gasteiger partial charge >= 0.3 is 0 Å². The van der Waals surface area contributed by atoms with Gasteiger partial charge in [0.05, 0.1) is 28.9 Å². The average molecular weight is 396 g/mol. The average Bonchev–Trinajstić information content (AvgIpc) is 3.24. The van der Waals surface area contributed by atoms with Gasteiger partial charge in [0.1, 0.15) is 5.75 Å². The van der Waals surface area contributed by atoms with Crippen LogP contribution in [0.15, 0.2) is 39.8 Å². The second-order valence-electron chi connectivity index (χ2n) is 6.20. The van der Waals surface area contributed by atoms with E-state index < -0.39 is 0 Å². The molecule has 2 aromatic heterocycles. The molecular formula is C20H18BrN3O. The number of hydrogen-bond donors (Lipinski definition) is 2. The number of H-pyrrole nitrogens is 2. The topological polar surface area (TPSA) is 53.2 Å². The number of aryl methyl sites for hydroxylation is 2. The van der Waals surface area contributed by atoms with Gasteiger partial charge < -0.3 is 14.7 Å². The van der Waals surface area contributed by atoms with Crippen LogP contribution >= 0.6 is 15.9 Å². The van der Waals surface area contributed by atoms with Gasteiger partial charge in [0.25, 0.3) is 0 Å². The predicted octanol–water partition coefficient (Wildman–Crippen LogP) is 1.78. The molecule has 3 aromatic rings. The summed E-state index contributed by atoms with van der Waals surface area (Å²) in [4.78, 5) is 11.5. The number of fused-ring (bicyclic) bond motifs is 1. The highest BCUT2D eigenvalue weighted by Gasteiger charge is 2.07. The Morgan fingerprint density at radius 3 is 2.68 bits per heavy atom. The highest BCUT2D eigenvalue weighted by Crippen LogP contribution is 2.11. The molecule has 4 nitrogen and oxygen atoms in total. The fourth-order valence-electron chi connectivity index (χ4n) is 3.10. The molecule has 2 N–H and O–H groups in total. The van der Waals surface area contributed by atoms with E-state index in [1.807, 2.05) is 18.2 Å². The normalized spacial score (nSPS) is 15.8. The molecule has 1 aliphatic heterocycles. The first-order valence-corrected chi connectivity index (χ1v) is 8.84. The van der Waals surface area contributed by atoms with Crippen molar-refractivity contribution in [3.8, 4) is 5.75 Å². The monoisotopic (exact) mass is 395 g/mol. The zero-order chi connectivity index (χ0) is 17.6. The number of nitrogens with zero attached hydrogens (tertiary/aromatic N) is 1. The molecule has 0 saturated carbocycles.